The van der Waals surface area contributed by atoms with E-state index in [0.717, 1.165) is 6.92 Å². The molecule has 0 aliphatic carbocycles. The fraction of sp³-hybridized carbons (Fsp3) is 1.00. The second-order valence-electron chi connectivity index (χ2n) is 3.57. The standard InChI is InChI=1S/C7H8F8O3S.K/c1-2-3-4(8,9)5(10,11)6(12,13)7(14,15)19(16,17)18;/h2-3H2,1H3,(H,16,17,18);/q;+1/p-1. The van der Waals surface area contributed by atoms with Gasteiger partial charge in [-0.1, -0.05) is 13.3 Å². The average Bonchev–Trinajstić information content (AvgIpc) is 2.14. The van der Waals surface area contributed by atoms with E-state index in [1.54, 1.807) is 0 Å². The number of hydrogen-bond donors (Lipinski definition) is 0. The van der Waals surface area contributed by atoms with E-state index in [2.05, 4.69) is 0 Å². The molecule has 0 N–H and O–H groups in total. The van der Waals surface area contributed by atoms with Gasteiger partial charge in [0.1, 0.15) is 0 Å². The molecule has 0 radical (unpaired) electrons. The maximum absolute atomic E-state index is 12.8. The SMILES string of the molecule is CCCC(F)(F)C(F)(F)C(F)(F)C(F)(F)S(=O)(=O)[O-].[K+]. The molecule has 3 nitrogen and oxygen atoms in total. The molecule has 0 saturated carbocycles. The molecule has 116 valence electrons. The molecule has 0 amide bonds. The van der Waals surface area contributed by atoms with Crippen molar-refractivity contribution in [3.63, 3.8) is 0 Å². The van der Waals surface area contributed by atoms with Gasteiger partial charge in [0.25, 0.3) is 0 Å². The van der Waals surface area contributed by atoms with Crippen molar-refractivity contribution in [3.05, 3.63) is 0 Å². The summed E-state index contributed by atoms with van der Waals surface area (Å²) in [5.41, 5.74) is 0. The Kier molecular flexibility index (Phi) is 7.70. The molecule has 0 bridgehead atoms. The Morgan fingerprint density at radius 2 is 1.25 bits per heavy atom. The smallest absolute Gasteiger partial charge is 0.743 e. The van der Waals surface area contributed by atoms with Crippen LogP contribution in [0.5, 0.6) is 0 Å². The van der Waals surface area contributed by atoms with Crippen molar-refractivity contribution >= 4 is 10.1 Å². The maximum atomic E-state index is 12.8. The van der Waals surface area contributed by atoms with Gasteiger partial charge in [-0.15, -0.1) is 0 Å². The average molecular weight is 362 g/mol. The largest absolute Gasteiger partial charge is 1.00 e. The zero-order valence-corrected chi connectivity index (χ0v) is 14.0. The van der Waals surface area contributed by atoms with Crippen LogP contribution in [0.15, 0.2) is 0 Å². The first-order valence-corrected chi connectivity index (χ1v) is 5.93. The summed E-state index contributed by atoms with van der Waals surface area (Å²) in [6.45, 7) is 0.880. The van der Waals surface area contributed by atoms with Gasteiger partial charge in [-0.2, -0.15) is 35.1 Å². The summed E-state index contributed by atoms with van der Waals surface area (Å²) < 4.78 is 131. The predicted octanol–water partition coefficient (Wildman–Crippen LogP) is -0.166. The number of alkyl halides is 8. The van der Waals surface area contributed by atoms with E-state index in [4.69, 9.17) is 0 Å². The topological polar surface area (TPSA) is 57.2 Å². The fourth-order valence-electron chi connectivity index (χ4n) is 1.04. The second kappa shape index (κ2) is 6.62. The van der Waals surface area contributed by atoms with Gasteiger partial charge in [0.05, 0.1) is 0 Å². The van der Waals surface area contributed by atoms with Crippen molar-refractivity contribution in [2.45, 2.75) is 42.8 Å². The molecule has 0 fully saturated rings. The van der Waals surface area contributed by atoms with Crippen molar-refractivity contribution in [1.82, 2.24) is 0 Å². The Bertz CT molecular complexity index is 435. The van der Waals surface area contributed by atoms with Crippen LogP contribution in [-0.2, 0) is 10.1 Å². The first-order valence-electron chi connectivity index (χ1n) is 4.53. The van der Waals surface area contributed by atoms with E-state index in [1.807, 2.05) is 0 Å². The normalized spacial score (nSPS) is 14.9. The number of hydrogen-bond acceptors (Lipinski definition) is 3. The maximum Gasteiger partial charge on any atom is 1.00 e. The minimum absolute atomic E-state index is 0. The van der Waals surface area contributed by atoms with Gasteiger partial charge in [-0.25, -0.2) is 8.42 Å². The Morgan fingerprint density at radius 3 is 1.50 bits per heavy atom. The van der Waals surface area contributed by atoms with E-state index in [-0.39, 0.29) is 51.4 Å². The molecule has 0 heterocycles. The van der Waals surface area contributed by atoms with Gasteiger partial charge >= 0.3 is 74.4 Å². The van der Waals surface area contributed by atoms with Crippen LogP contribution in [0.4, 0.5) is 35.1 Å². The van der Waals surface area contributed by atoms with Crippen molar-refractivity contribution in [2.75, 3.05) is 0 Å². The minimum Gasteiger partial charge on any atom is -0.743 e. The molecule has 0 saturated heterocycles. The molecule has 0 unspecified atom stereocenters. The van der Waals surface area contributed by atoms with Crippen LogP contribution >= 0.6 is 0 Å². The molecular formula is C7H7F8KO3S. The van der Waals surface area contributed by atoms with Gasteiger partial charge in [-0.05, 0) is 0 Å². The summed E-state index contributed by atoms with van der Waals surface area (Å²) in [7, 11) is -7.27. The predicted molar refractivity (Wildman–Crippen MR) is 44.4 cm³/mol. The third kappa shape index (κ3) is 3.66. The van der Waals surface area contributed by atoms with E-state index >= 15 is 0 Å². The Balaban J connectivity index is 0. The van der Waals surface area contributed by atoms with Crippen LogP contribution < -0.4 is 51.4 Å². The Hall–Kier alpha value is 0.986. The fourth-order valence-corrected chi connectivity index (χ4v) is 1.48. The van der Waals surface area contributed by atoms with Crippen LogP contribution in [0.1, 0.15) is 19.8 Å². The first-order chi connectivity index (χ1) is 8.06. The molecule has 20 heavy (non-hydrogen) atoms. The molecular weight excluding hydrogens is 355 g/mol. The van der Waals surface area contributed by atoms with E-state index < -0.39 is 46.0 Å². The van der Waals surface area contributed by atoms with E-state index in [1.165, 1.54) is 0 Å². The van der Waals surface area contributed by atoms with Crippen molar-refractivity contribution in [2.24, 2.45) is 0 Å². The monoisotopic (exact) mass is 362 g/mol. The molecule has 0 aliphatic heterocycles. The summed E-state index contributed by atoms with van der Waals surface area (Å²) in [6.07, 6.45) is -2.67. The Morgan fingerprint density at radius 1 is 0.900 bits per heavy atom. The second-order valence-corrected chi connectivity index (χ2v) is 5.00. The zero-order chi connectivity index (χ0) is 15.9. The first kappa shape index (κ1) is 23.3. The van der Waals surface area contributed by atoms with Crippen molar-refractivity contribution in [3.8, 4) is 0 Å². The zero-order valence-electron chi connectivity index (χ0n) is 10.1. The minimum atomic E-state index is -7.27. The summed E-state index contributed by atoms with van der Waals surface area (Å²) in [6, 6.07) is 0. The van der Waals surface area contributed by atoms with Crippen LogP contribution in [0.2, 0.25) is 0 Å². The molecule has 0 rings (SSSR count). The summed E-state index contributed by atoms with van der Waals surface area (Å²) >= 11 is 0. The Labute approximate surface area is 151 Å². The molecule has 13 heteroatoms. The summed E-state index contributed by atoms with van der Waals surface area (Å²) in [4.78, 5) is 0. The molecule has 0 aromatic heterocycles. The van der Waals surface area contributed by atoms with Crippen LogP contribution in [0.25, 0.3) is 0 Å². The van der Waals surface area contributed by atoms with Crippen molar-refractivity contribution < 1.29 is 99.5 Å². The van der Waals surface area contributed by atoms with Gasteiger partial charge in [0.2, 0.25) is 0 Å². The van der Waals surface area contributed by atoms with Gasteiger partial charge in [-0.3, -0.25) is 0 Å². The third-order valence-electron chi connectivity index (χ3n) is 2.10. The van der Waals surface area contributed by atoms with Gasteiger partial charge < -0.3 is 4.55 Å². The molecule has 0 aromatic carbocycles. The van der Waals surface area contributed by atoms with Crippen LogP contribution in [0, 0.1) is 0 Å². The molecule has 0 atom stereocenters. The summed E-state index contributed by atoms with van der Waals surface area (Å²) in [5.74, 6) is -19.4. The van der Waals surface area contributed by atoms with Crippen LogP contribution in [0.3, 0.4) is 0 Å². The van der Waals surface area contributed by atoms with Crippen molar-refractivity contribution in [1.29, 1.82) is 0 Å². The van der Waals surface area contributed by atoms with Crippen LogP contribution in [-0.4, -0.2) is 36.0 Å². The van der Waals surface area contributed by atoms with E-state index in [0.29, 0.717) is 0 Å². The number of rotatable bonds is 6. The molecule has 0 aliphatic rings. The molecule has 0 spiro atoms. The van der Waals surface area contributed by atoms with E-state index in [9.17, 15) is 48.1 Å². The quantitative estimate of drug-likeness (QED) is 0.375. The molecule has 0 aromatic rings. The van der Waals surface area contributed by atoms with Gasteiger partial charge in [0, 0.05) is 6.42 Å². The third-order valence-corrected chi connectivity index (χ3v) is 2.98. The summed E-state index contributed by atoms with van der Waals surface area (Å²) in [5, 5.41) is -6.87. The number of halogens is 8. The van der Waals surface area contributed by atoms with Gasteiger partial charge in [0.15, 0.2) is 10.1 Å².